The number of nitrogens with one attached hydrogen (secondary N) is 1. The maximum absolute atomic E-state index is 12.1. The van der Waals surface area contributed by atoms with E-state index in [4.69, 9.17) is 4.74 Å². The Labute approximate surface area is 121 Å². The normalized spacial score (nSPS) is 17.1. The number of ether oxygens (including phenoxy) is 1. The number of benzene rings is 1. The summed E-state index contributed by atoms with van der Waals surface area (Å²) in [7, 11) is 0. The molecule has 1 atom stereocenters. The van der Waals surface area contributed by atoms with Gasteiger partial charge in [-0.2, -0.15) is 0 Å². The van der Waals surface area contributed by atoms with Crippen molar-refractivity contribution in [1.82, 2.24) is 10.2 Å². The van der Waals surface area contributed by atoms with E-state index in [2.05, 4.69) is 10.2 Å². The molecule has 1 aromatic carbocycles. The first-order chi connectivity index (χ1) is 9.81. The molecular formula is C16H24N2O2. The van der Waals surface area contributed by atoms with Gasteiger partial charge in [-0.25, -0.2) is 4.79 Å². The lowest BCUT2D eigenvalue weighted by Gasteiger charge is -2.20. The molecule has 1 unspecified atom stereocenters. The van der Waals surface area contributed by atoms with Crippen molar-refractivity contribution in [2.75, 3.05) is 32.8 Å². The zero-order valence-corrected chi connectivity index (χ0v) is 12.2. The van der Waals surface area contributed by atoms with Gasteiger partial charge >= 0.3 is 5.97 Å². The fourth-order valence-electron chi connectivity index (χ4n) is 2.58. The number of nitrogens with zero attached hydrogens (tertiary/aromatic N) is 1. The van der Waals surface area contributed by atoms with Gasteiger partial charge < -0.3 is 9.64 Å². The van der Waals surface area contributed by atoms with Gasteiger partial charge in [0.25, 0.3) is 0 Å². The van der Waals surface area contributed by atoms with Crippen LogP contribution < -0.4 is 5.32 Å². The minimum atomic E-state index is -0.362. The van der Waals surface area contributed by atoms with E-state index in [1.165, 1.54) is 25.9 Å². The number of hydrogen-bond acceptors (Lipinski definition) is 4. The van der Waals surface area contributed by atoms with Crippen molar-refractivity contribution < 1.29 is 9.53 Å². The molecule has 1 heterocycles. The maximum Gasteiger partial charge on any atom is 0.327 e. The van der Waals surface area contributed by atoms with Crippen LogP contribution in [0.3, 0.4) is 0 Å². The minimum Gasteiger partial charge on any atom is -0.465 e. The number of rotatable bonds is 7. The summed E-state index contributed by atoms with van der Waals surface area (Å²) in [5.74, 6) is -0.194. The smallest absolute Gasteiger partial charge is 0.327 e. The summed E-state index contributed by atoms with van der Waals surface area (Å²) in [4.78, 5) is 14.5. The summed E-state index contributed by atoms with van der Waals surface area (Å²) in [5.41, 5.74) is 0.965. The van der Waals surface area contributed by atoms with E-state index in [1.54, 1.807) is 0 Å². The van der Waals surface area contributed by atoms with Crippen LogP contribution in [0.5, 0.6) is 0 Å². The monoisotopic (exact) mass is 276 g/mol. The molecule has 4 heteroatoms. The van der Waals surface area contributed by atoms with Gasteiger partial charge in [-0.15, -0.1) is 0 Å². The van der Waals surface area contributed by atoms with Crippen molar-refractivity contribution in [3.8, 4) is 0 Å². The quantitative estimate of drug-likeness (QED) is 0.773. The lowest BCUT2D eigenvalue weighted by molar-refractivity contribution is -0.145. The molecule has 1 saturated heterocycles. The van der Waals surface area contributed by atoms with E-state index < -0.39 is 0 Å². The molecule has 0 bridgehead atoms. The molecular weight excluding hydrogens is 252 g/mol. The van der Waals surface area contributed by atoms with Crippen molar-refractivity contribution >= 4 is 5.97 Å². The van der Waals surface area contributed by atoms with E-state index >= 15 is 0 Å². The Kier molecular flexibility index (Phi) is 6.02. The zero-order chi connectivity index (χ0) is 14.2. The minimum absolute atomic E-state index is 0.194. The van der Waals surface area contributed by atoms with E-state index in [9.17, 15) is 4.79 Å². The van der Waals surface area contributed by atoms with Crippen LogP contribution in [-0.2, 0) is 9.53 Å². The largest absolute Gasteiger partial charge is 0.465 e. The summed E-state index contributed by atoms with van der Waals surface area (Å²) < 4.78 is 5.17. The molecule has 1 aromatic rings. The lowest BCUT2D eigenvalue weighted by atomic mass is 10.1. The van der Waals surface area contributed by atoms with Crippen LogP contribution in [0.4, 0.5) is 0 Å². The second-order valence-electron chi connectivity index (χ2n) is 5.10. The van der Waals surface area contributed by atoms with Crippen LogP contribution in [0, 0.1) is 0 Å². The molecule has 0 spiro atoms. The Morgan fingerprint density at radius 1 is 1.30 bits per heavy atom. The zero-order valence-electron chi connectivity index (χ0n) is 12.2. The van der Waals surface area contributed by atoms with E-state index in [0.717, 1.165) is 18.7 Å². The average molecular weight is 276 g/mol. The first-order valence-corrected chi connectivity index (χ1v) is 7.48. The van der Waals surface area contributed by atoms with Crippen LogP contribution >= 0.6 is 0 Å². The van der Waals surface area contributed by atoms with Gasteiger partial charge in [0, 0.05) is 13.1 Å². The average Bonchev–Trinajstić information content (AvgIpc) is 2.98. The third kappa shape index (κ3) is 4.32. The molecule has 110 valence electrons. The molecule has 0 aromatic heterocycles. The van der Waals surface area contributed by atoms with Crippen molar-refractivity contribution in [3.63, 3.8) is 0 Å². The maximum atomic E-state index is 12.1. The standard InChI is InChI=1S/C16H24N2O2/c1-2-20-16(19)15(14-8-4-3-5-9-14)17-10-13-18-11-6-7-12-18/h3-5,8-9,15,17H,2,6-7,10-13H2,1H3. The topological polar surface area (TPSA) is 41.6 Å². The van der Waals surface area contributed by atoms with Crippen molar-refractivity contribution in [1.29, 1.82) is 0 Å². The predicted octanol–water partition coefficient (Wildman–Crippen LogP) is 1.98. The van der Waals surface area contributed by atoms with Gasteiger partial charge in [-0.1, -0.05) is 30.3 Å². The van der Waals surface area contributed by atoms with Crippen molar-refractivity contribution in [3.05, 3.63) is 35.9 Å². The highest BCUT2D eigenvalue weighted by Gasteiger charge is 2.21. The first-order valence-electron chi connectivity index (χ1n) is 7.48. The summed E-state index contributed by atoms with van der Waals surface area (Å²) in [5, 5.41) is 3.33. The predicted molar refractivity (Wildman–Crippen MR) is 79.5 cm³/mol. The van der Waals surface area contributed by atoms with Crippen molar-refractivity contribution in [2.45, 2.75) is 25.8 Å². The summed E-state index contributed by atoms with van der Waals surface area (Å²) >= 11 is 0. The number of hydrogen-bond donors (Lipinski definition) is 1. The Bertz CT molecular complexity index is 402. The van der Waals surface area contributed by atoms with Gasteiger partial charge in [0.1, 0.15) is 6.04 Å². The highest BCUT2D eigenvalue weighted by Crippen LogP contribution is 2.14. The van der Waals surface area contributed by atoms with Crippen LogP contribution in [-0.4, -0.2) is 43.7 Å². The van der Waals surface area contributed by atoms with Crippen LogP contribution in [0.1, 0.15) is 31.4 Å². The van der Waals surface area contributed by atoms with E-state index in [-0.39, 0.29) is 12.0 Å². The molecule has 0 saturated carbocycles. The van der Waals surface area contributed by atoms with Gasteiger partial charge in [-0.05, 0) is 38.4 Å². The number of esters is 1. The number of carbonyl (C=O) groups is 1. The molecule has 1 aliphatic rings. The SMILES string of the molecule is CCOC(=O)C(NCCN1CCCC1)c1ccccc1. The Hall–Kier alpha value is -1.39. The first kappa shape index (κ1) is 15.0. The van der Waals surface area contributed by atoms with Gasteiger partial charge in [0.2, 0.25) is 0 Å². The number of carbonyl (C=O) groups excluding carboxylic acids is 1. The van der Waals surface area contributed by atoms with Crippen LogP contribution in [0.2, 0.25) is 0 Å². The molecule has 0 amide bonds. The second kappa shape index (κ2) is 8.02. The van der Waals surface area contributed by atoms with Gasteiger partial charge in [-0.3, -0.25) is 5.32 Å². The molecule has 1 fully saturated rings. The Morgan fingerprint density at radius 3 is 2.65 bits per heavy atom. The molecule has 20 heavy (non-hydrogen) atoms. The Morgan fingerprint density at radius 2 is 2.00 bits per heavy atom. The summed E-state index contributed by atoms with van der Waals surface area (Å²) in [6.45, 7) is 6.40. The van der Waals surface area contributed by atoms with E-state index in [0.29, 0.717) is 6.61 Å². The third-order valence-electron chi connectivity index (χ3n) is 3.63. The lowest BCUT2D eigenvalue weighted by Crippen LogP contribution is -2.36. The number of likely N-dealkylation sites (tertiary alicyclic amines) is 1. The molecule has 1 aliphatic heterocycles. The Balaban J connectivity index is 1.90. The second-order valence-corrected chi connectivity index (χ2v) is 5.10. The highest BCUT2D eigenvalue weighted by atomic mass is 16.5. The van der Waals surface area contributed by atoms with Gasteiger partial charge in [0.05, 0.1) is 6.61 Å². The molecule has 1 N–H and O–H groups in total. The van der Waals surface area contributed by atoms with Gasteiger partial charge in [0.15, 0.2) is 0 Å². The van der Waals surface area contributed by atoms with Crippen LogP contribution in [0.25, 0.3) is 0 Å². The summed E-state index contributed by atoms with van der Waals surface area (Å²) in [6, 6.07) is 9.41. The molecule has 0 aliphatic carbocycles. The fourth-order valence-corrected chi connectivity index (χ4v) is 2.58. The highest BCUT2D eigenvalue weighted by molar-refractivity contribution is 5.77. The molecule has 2 rings (SSSR count). The molecule has 4 nitrogen and oxygen atoms in total. The summed E-state index contributed by atoms with van der Waals surface area (Å²) in [6.07, 6.45) is 2.58. The fraction of sp³-hybridized carbons (Fsp3) is 0.562. The third-order valence-corrected chi connectivity index (χ3v) is 3.63. The van der Waals surface area contributed by atoms with E-state index in [1.807, 2.05) is 37.3 Å². The van der Waals surface area contributed by atoms with Crippen LogP contribution in [0.15, 0.2) is 30.3 Å². The molecule has 0 radical (unpaired) electrons. The van der Waals surface area contributed by atoms with Crippen molar-refractivity contribution in [2.24, 2.45) is 0 Å².